The first-order chi connectivity index (χ1) is 8.01. The first-order valence-corrected chi connectivity index (χ1v) is 5.11. The maximum atomic E-state index is 11.9. The van der Waals surface area contributed by atoms with Crippen molar-refractivity contribution in [2.75, 3.05) is 19.8 Å². The third kappa shape index (κ3) is 6.13. The van der Waals surface area contributed by atoms with Crippen LogP contribution in [0.25, 0.3) is 0 Å². The van der Waals surface area contributed by atoms with Gasteiger partial charge in [-0.05, 0) is 17.7 Å². The van der Waals surface area contributed by atoms with Crippen molar-refractivity contribution in [2.24, 2.45) is 0 Å². The Bertz CT molecular complexity index is 324. The standard InChI is InChI=1S/C11H14F3NO2/c12-11(13,14)8-17-10-3-1-9(2-4-10)7-15-5-6-16/h1-4,15-16H,5-8H2. The first-order valence-electron chi connectivity index (χ1n) is 5.11. The Morgan fingerprint density at radius 2 is 1.82 bits per heavy atom. The zero-order valence-corrected chi connectivity index (χ0v) is 9.13. The molecule has 96 valence electrons. The fourth-order valence-electron chi connectivity index (χ4n) is 1.18. The predicted octanol–water partition coefficient (Wildman–Crippen LogP) is 1.71. The molecule has 3 nitrogen and oxygen atoms in total. The average Bonchev–Trinajstić information content (AvgIpc) is 2.27. The van der Waals surface area contributed by atoms with Crippen LogP contribution in [0.4, 0.5) is 13.2 Å². The number of alkyl halides is 3. The van der Waals surface area contributed by atoms with Crippen LogP contribution in [0.15, 0.2) is 24.3 Å². The Morgan fingerprint density at radius 1 is 1.18 bits per heavy atom. The topological polar surface area (TPSA) is 41.5 Å². The van der Waals surface area contributed by atoms with Crippen molar-refractivity contribution >= 4 is 0 Å². The quantitative estimate of drug-likeness (QED) is 0.754. The maximum Gasteiger partial charge on any atom is 0.422 e. The molecule has 1 aromatic rings. The molecule has 0 aromatic heterocycles. The van der Waals surface area contributed by atoms with Crippen LogP contribution in [0.2, 0.25) is 0 Å². The Balaban J connectivity index is 2.39. The molecule has 0 aliphatic rings. The summed E-state index contributed by atoms with van der Waals surface area (Å²) in [5.74, 6) is 0.188. The fourth-order valence-corrected chi connectivity index (χ4v) is 1.18. The van der Waals surface area contributed by atoms with E-state index in [0.29, 0.717) is 13.1 Å². The highest BCUT2D eigenvalue weighted by atomic mass is 19.4. The summed E-state index contributed by atoms with van der Waals surface area (Å²) in [5, 5.41) is 11.5. The lowest BCUT2D eigenvalue weighted by molar-refractivity contribution is -0.153. The molecule has 0 spiro atoms. The average molecular weight is 249 g/mol. The number of ether oxygens (including phenoxy) is 1. The number of hydrogen-bond donors (Lipinski definition) is 2. The van der Waals surface area contributed by atoms with Gasteiger partial charge in [0.1, 0.15) is 5.75 Å². The van der Waals surface area contributed by atoms with Crippen molar-refractivity contribution in [3.63, 3.8) is 0 Å². The number of halogens is 3. The molecule has 0 heterocycles. The number of rotatable bonds is 6. The van der Waals surface area contributed by atoms with Crippen molar-refractivity contribution < 1.29 is 23.0 Å². The second-order valence-electron chi connectivity index (χ2n) is 3.45. The third-order valence-corrected chi connectivity index (χ3v) is 1.94. The minimum Gasteiger partial charge on any atom is -0.484 e. The van der Waals surface area contributed by atoms with Crippen molar-refractivity contribution in [1.29, 1.82) is 0 Å². The molecule has 0 saturated carbocycles. The number of aliphatic hydroxyl groups is 1. The summed E-state index contributed by atoms with van der Waals surface area (Å²) < 4.78 is 40.2. The van der Waals surface area contributed by atoms with Crippen molar-refractivity contribution in [1.82, 2.24) is 5.32 Å². The van der Waals surface area contributed by atoms with Gasteiger partial charge in [0.25, 0.3) is 0 Å². The van der Waals surface area contributed by atoms with Crippen LogP contribution >= 0.6 is 0 Å². The Kier molecular flexibility index (Phi) is 5.24. The third-order valence-electron chi connectivity index (χ3n) is 1.94. The lowest BCUT2D eigenvalue weighted by Gasteiger charge is -2.09. The van der Waals surface area contributed by atoms with Gasteiger partial charge in [0.05, 0.1) is 6.61 Å². The van der Waals surface area contributed by atoms with Crippen LogP contribution in [0.5, 0.6) is 5.75 Å². The Morgan fingerprint density at radius 3 is 2.35 bits per heavy atom. The molecule has 17 heavy (non-hydrogen) atoms. The van der Waals surface area contributed by atoms with Gasteiger partial charge < -0.3 is 15.2 Å². The van der Waals surface area contributed by atoms with Gasteiger partial charge in [-0.1, -0.05) is 12.1 Å². The lowest BCUT2D eigenvalue weighted by atomic mass is 10.2. The largest absolute Gasteiger partial charge is 0.484 e. The van der Waals surface area contributed by atoms with Crippen molar-refractivity contribution in [3.8, 4) is 5.75 Å². The molecule has 0 bridgehead atoms. The van der Waals surface area contributed by atoms with Crippen molar-refractivity contribution in [2.45, 2.75) is 12.7 Å². The van der Waals surface area contributed by atoms with Gasteiger partial charge in [0.15, 0.2) is 6.61 Å². The molecule has 0 amide bonds. The number of nitrogens with one attached hydrogen (secondary N) is 1. The summed E-state index contributed by atoms with van der Waals surface area (Å²) in [4.78, 5) is 0. The van der Waals surface area contributed by atoms with Gasteiger partial charge in [0.2, 0.25) is 0 Å². The summed E-state index contributed by atoms with van der Waals surface area (Å²) in [5.41, 5.74) is 0.915. The van der Waals surface area contributed by atoms with E-state index in [1.54, 1.807) is 12.1 Å². The molecule has 0 radical (unpaired) electrons. The lowest BCUT2D eigenvalue weighted by Crippen LogP contribution is -2.19. The second-order valence-corrected chi connectivity index (χ2v) is 3.45. The summed E-state index contributed by atoms with van der Waals surface area (Å²) in [6.07, 6.45) is -4.32. The molecule has 6 heteroatoms. The van der Waals surface area contributed by atoms with Gasteiger partial charge in [-0.25, -0.2) is 0 Å². The van der Waals surface area contributed by atoms with Crippen LogP contribution in [0.3, 0.4) is 0 Å². The minimum atomic E-state index is -4.32. The first kappa shape index (κ1) is 13.8. The highest BCUT2D eigenvalue weighted by molar-refractivity contribution is 5.27. The molecule has 2 N–H and O–H groups in total. The number of benzene rings is 1. The minimum absolute atomic E-state index is 0.0484. The van der Waals surface area contributed by atoms with Crippen LogP contribution in [0, 0.1) is 0 Å². The molecular formula is C11H14F3NO2. The molecule has 0 aliphatic heterocycles. The van der Waals surface area contributed by atoms with Gasteiger partial charge >= 0.3 is 6.18 Å². The Hall–Kier alpha value is -1.27. The van der Waals surface area contributed by atoms with Gasteiger partial charge in [-0.15, -0.1) is 0 Å². The molecular weight excluding hydrogens is 235 g/mol. The van der Waals surface area contributed by atoms with E-state index in [1.165, 1.54) is 12.1 Å². The highest BCUT2D eigenvalue weighted by Crippen LogP contribution is 2.18. The SMILES string of the molecule is OCCNCc1ccc(OCC(F)(F)F)cc1. The zero-order valence-electron chi connectivity index (χ0n) is 9.13. The fraction of sp³-hybridized carbons (Fsp3) is 0.455. The van der Waals surface area contributed by atoms with Crippen molar-refractivity contribution in [3.05, 3.63) is 29.8 Å². The molecule has 1 rings (SSSR count). The molecule has 0 saturated heterocycles. The van der Waals surface area contributed by atoms with Crippen LogP contribution < -0.4 is 10.1 Å². The van der Waals surface area contributed by atoms with E-state index in [1.807, 2.05) is 0 Å². The maximum absolute atomic E-state index is 11.9. The van der Waals surface area contributed by atoms with E-state index >= 15 is 0 Å². The monoisotopic (exact) mass is 249 g/mol. The van der Waals surface area contributed by atoms with Crippen LogP contribution in [-0.4, -0.2) is 31.0 Å². The number of hydrogen-bond acceptors (Lipinski definition) is 3. The molecule has 0 aliphatic carbocycles. The molecule has 0 atom stereocenters. The van der Waals surface area contributed by atoms with E-state index in [0.717, 1.165) is 5.56 Å². The summed E-state index contributed by atoms with van der Waals surface area (Å²) in [7, 11) is 0. The number of aliphatic hydroxyl groups excluding tert-OH is 1. The predicted molar refractivity (Wildman–Crippen MR) is 56.8 cm³/mol. The Labute approximate surface area is 97.2 Å². The second kappa shape index (κ2) is 6.46. The van der Waals surface area contributed by atoms with E-state index in [2.05, 4.69) is 10.1 Å². The summed E-state index contributed by atoms with van der Waals surface area (Å²) in [6.45, 7) is -0.200. The summed E-state index contributed by atoms with van der Waals surface area (Å²) in [6, 6.07) is 6.33. The summed E-state index contributed by atoms with van der Waals surface area (Å²) >= 11 is 0. The normalized spacial score (nSPS) is 11.5. The van der Waals surface area contributed by atoms with E-state index in [-0.39, 0.29) is 12.4 Å². The molecule has 1 aromatic carbocycles. The van der Waals surface area contributed by atoms with Gasteiger partial charge in [-0.3, -0.25) is 0 Å². The van der Waals surface area contributed by atoms with Crippen LogP contribution in [-0.2, 0) is 6.54 Å². The van der Waals surface area contributed by atoms with E-state index in [9.17, 15) is 13.2 Å². The smallest absolute Gasteiger partial charge is 0.422 e. The van der Waals surface area contributed by atoms with Crippen LogP contribution in [0.1, 0.15) is 5.56 Å². The zero-order chi connectivity index (χ0) is 12.7. The molecule has 0 unspecified atom stereocenters. The highest BCUT2D eigenvalue weighted by Gasteiger charge is 2.28. The van der Waals surface area contributed by atoms with Gasteiger partial charge in [-0.2, -0.15) is 13.2 Å². The van der Waals surface area contributed by atoms with Gasteiger partial charge in [0, 0.05) is 13.1 Å². The van der Waals surface area contributed by atoms with E-state index < -0.39 is 12.8 Å². The van der Waals surface area contributed by atoms with E-state index in [4.69, 9.17) is 5.11 Å². The molecule has 0 fully saturated rings.